The Balaban J connectivity index is 3.06. The average molecular weight is 292 g/mol. The molecule has 0 amide bonds. The van der Waals surface area contributed by atoms with Crippen LogP contribution in [0, 0.1) is 0 Å². The number of esters is 1. The summed E-state index contributed by atoms with van der Waals surface area (Å²) in [6.07, 6.45) is 1.62. The van der Waals surface area contributed by atoms with Crippen molar-refractivity contribution in [2.45, 2.75) is 33.1 Å². The van der Waals surface area contributed by atoms with Gasteiger partial charge in [-0.25, -0.2) is 9.59 Å². The molecule has 1 aromatic carbocycles. The molecule has 0 saturated carbocycles. The van der Waals surface area contributed by atoms with Crippen LogP contribution in [0.1, 0.15) is 33.3 Å². The summed E-state index contributed by atoms with van der Waals surface area (Å²) in [6.45, 7) is 8.40. The van der Waals surface area contributed by atoms with Gasteiger partial charge in [-0.15, -0.1) is 0 Å². The molecule has 0 aliphatic carbocycles. The van der Waals surface area contributed by atoms with E-state index in [1.165, 1.54) is 0 Å². The number of aliphatic carboxylic acids is 1. The number of carbonyl (C=O) groups is 2. The van der Waals surface area contributed by atoms with E-state index >= 15 is 0 Å². The number of benzene rings is 1. The summed E-state index contributed by atoms with van der Waals surface area (Å²) in [7, 11) is 0. The first-order chi connectivity index (χ1) is 9.74. The van der Waals surface area contributed by atoms with Crippen molar-refractivity contribution in [3.8, 4) is 11.5 Å². The maximum Gasteiger partial charge on any atom is 0.336 e. The molecule has 21 heavy (non-hydrogen) atoms. The van der Waals surface area contributed by atoms with Crippen LogP contribution in [0.3, 0.4) is 0 Å². The van der Waals surface area contributed by atoms with E-state index < -0.39 is 11.9 Å². The van der Waals surface area contributed by atoms with E-state index in [2.05, 4.69) is 0 Å². The molecule has 0 unspecified atom stereocenters. The molecule has 5 nitrogen and oxygen atoms in total. The lowest BCUT2D eigenvalue weighted by Gasteiger charge is -2.22. The van der Waals surface area contributed by atoms with Crippen molar-refractivity contribution in [1.82, 2.24) is 0 Å². The van der Waals surface area contributed by atoms with Gasteiger partial charge >= 0.3 is 11.9 Å². The van der Waals surface area contributed by atoms with Crippen molar-refractivity contribution >= 4 is 11.9 Å². The van der Waals surface area contributed by atoms with Crippen LogP contribution in [0.15, 0.2) is 30.4 Å². The van der Waals surface area contributed by atoms with Gasteiger partial charge in [-0.3, -0.25) is 0 Å². The van der Waals surface area contributed by atoms with Gasteiger partial charge in [0.1, 0.15) is 11.5 Å². The summed E-state index contributed by atoms with van der Waals surface area (Å²) in [5.74, 6) is -0.837. The molecule has 0 aromatic heterocycles. The van der Waals surface area contributed by atoms with E-state index in [-0.39, 0.29) is 5.41 Å². The van der Waals surface area contributed by atoms with Gasteiger partial charge in [-0.1, -0.05) is 20.8 Å². The van der Waals surface area contributed by atoms with Crippen molar-refractivity contribution in [2.75, 3.05) is 6.61 Å². The van der Waals surface area contributed by atoms with Crippen LogP contribution in [0.5, 0.6) is 11.5 Å². The smallest absolute Gasteiger partial charge is 0.336 e. The minimum atomic E-state index is -1.20. The Morgan fingerprint density at radius 3 is 2.43 bits per heavy atom. The molecular formula is C16H20O5. The fourth-order valence-electron chi connectivity index (χ4n) is 1.72. The van der Waals surface area contributed by atoms with Gasteiger partial charge in [0.25, 0.3) is 0 Å². The molecule has 1 aromatic rings. The molecule has 0 spiro atoms. The molecule has 5 heteroatoms. The molecule has 0 saturated heterocycles. The fourth-order valence-corrected chi connectivity index (χ4v) is 1.72. The molecular weight excluding hydrogens is 272 g/mol. The largest absolute Gasteiger partial charge is 0.494 e. The zero-order valence-electron chi connectivity index (χ0n) is 12.7. The van der Waals surface area contributed by atoms with Crippen LogP contribution >= 0.6 is 0 Å². The van der Waals surface area contributed by atoms with Crippen molar-refractivity contribution in [3.05, 3.63) is 35.9 Å². The second kappa shape index (κ2) is 6.92. The van der Waals surface area contributed by atoms with Crippen molar-refractivity contribution in [3.63, 3.8) is 0 Å². The highest BCUT2D eigenvalue weighted by atomic mass is 16.5. The molecule has 0 aliphatic rings. The first kappa shape index (κ1) is 16.8. The van der Waals surface area contributed by atoms with Gasteiger partial charge in [0.05, 0.1) is 6.61 Å². The van der Waals surface area contributed by atoms with E-state index in [4.69, 9.17) is 14.6 Å². The first-order valence-corrected chi connectivity index (χ1v) is 6.64. The maximum absolute atomic E-state index is 11.6. The maximum atomic E-state index is 11.6. The number of carboxylic acids is 1. The summed E-state index contributed by atoms with van der Waals surface area (Å²) in [4.78, 5) is 22.0. The second-order valence-electron chi connectivity index (χ2n) is 5.43. The minimum absolute atomic E-state index is 0.251. The Bertz CT molecular complexity index is 552. The molecule has 0 aliphatic heterocycles. The van der Waals surface area contributed by atoms with Gasteiger partial charge in [-0.05, 0) is 30.5 Å². The van der Waals surface area contributed by atoms with Gasteiger partial charge in [-0.2, -0.15) is 0 Å². The standard InChI is InChI=1S/C16H20O5/c1-5-20-11-6-7-13(12(10-11)16(2,3)4)21-15(19)9-8-14(17)18/h6-10H,5H2,1-4H3,(H,17,18). The summed E-state index contributed by atoms with van der Waals surface area (Å²) < 4.78 is 10.7. The van der Waals surface area contributed by atoms with Crippen LogP contribution in [-0.4, -0.2) is 23.7 Å². The topological polar surface area (TPSA) is 72.8 Å². The molecule has 1 N–H and O–H groups in total. The zero-order chi connectivity index (χ0) is 16.0. The highest BCUT2D eigenvalue weighted by Gasteiger charge is 2.21. The number of ether oxygens (including phenoxy) is 2. The number of carboxylic acid groups (broad SMARTS) is 1. The molecule has 0 fully saturated rings. The molecule has 0 atom stereocenters. The highest BCUT2D eigenvalue weighted by molar-refractivity contribution is 5.91. The molecule has 1 rings (SSSR count). The molecule has 0 bridgehead atoms. The van der Waals surface area contributed by atoms with Crippen LogP contribution in [-0.2, 0) is 15.0 Å². The van der Waals surface area contributed by atoms with Crippen LogP contribution < -0.4 is 9.47 Å². The Morgan fingerprint density at radius 1 is 1.24 bits per heavy atom. The van der Waals surface area contributed by atoms with Crippen LogP contribution in [0.4, 0.5) is 0 Å². The predicted molar refractivity (Wildman–Crippen MR) is 78.7 cm³/mol. The Kier molecular flexibility index (Phi) is 5.52. The summed E-state index contributed by atoms with van der Waals surface area (Å²) in [5, 5.41) is 8.50. The third-order valence-corrected chi connectivity index (χ3v) is 2.64. The number of rotatable bonds is 5. The van der Waals surface area contributed by atoms with E-state index in [9.17, 15) is 9.59 Å². The predicted octanol–water partition coefficient (Wildman–Crippen LogP) is 2.93. The lowest BCUT2D eigenvalue weighted by Crippen LogP contribution is -2.16. The SMILES string of the molecule is CCOc1ccc(OC(=O)C=CC(=O)O)c(C(C)(C)C)c1. The Morgan fingerprint density at radius 2 is 1.90 bits per heavy atom. The molecule has 114 valence electrons. The van der Waals surface area contributed by atoms with Crippen LogP contribution in [0.25, 0.3) is 0 Å². The zero-order valence-corrected chi connectivity index (χ0v) is 12.7. The number of hydrogen-bond donors (Lipinski definition) is 1. The summed E-state index contributed by atoms with van der Waals surface area (Å²) in [6, 6.07) is 5.19. The summed E-state index contributed by atoms with van der Waals surface area (Å²) in [5.41, 5.74) is 0.560. The average Bonchev–Trinajstić information content (AvgIpc) is 2.37. The van der Waals surface area contributed by atoms with E-state index in [1.807, 2.05) is 33.8 Å². The van der Waals surface area contributed by atoms with Crippen molar-refractivity contribution in [1.29, 1.82) is 0 Å². The third-order valence-electron chi connectivity index (χ3n) is 2.64. The van der Waals surface area contributed by atoms with Crippen LogP contribution in [0.2, 0.25) is 0 Å². The minimum Gasteiger partial charge on any atom is -0.494 e. The molecule has 0 radical (unpaired) electrons. The fraction of sp³-hybridized carbons (Fsp3) is 0.375. The molecule has 0 heterocycles. The van der Waals surface area contributed by atoms with E-state index in [0.717, 1.165) is 17.7 Å². The monoisotopic (exact) mass is 292 g/mol. The Labute approximate surface area is 124 Å². The van der Waals surface area contributed by atoms with Gasteiger partial charge < -0.3 is 14.6 Å². The number of carbonyl (C=O) groups excluding carboxylic acids is 1. The third kappa shape index (κ3) is 5.30. The quantitative estimate of drug-likeness (QED) is 0.513. The first-order valence-electron chi connectivity index (χ1n) is 6.64. The van der Waals surface area contributed by atoms with Crippen molar-refractivity contribution < 1.29 is 24.2 Å². The number of hydrogen-bond acceptors (Lipinski definition) is 4. The lowest BCUT2D eigenvalue weighted by atomic mass is 9.86. The normalized spacial score (nSPS) is 11.4. The van der Waals surface area contributed by atoms with Gasteiger partial charge in [0.2, 0.25) is 0 Å². The second-order valence-corrected chi connectivity index (χ2v) is 5.43. The Hall–Kier alpha value is -2.30. The lowest BCUT2D eigenvalue weighted by molar-refractivity contribution is -0.133. The van der Waals surface area contributed by atoms with Gasteiger partial charge in [0, 0.05) is 17.7 Å². The summed E-state index contributed by atoms with van der Waals surface area (Å²) >= 11 is 0. The van der Waals surface area contributed by atoms with E-state index in [0.29, 0.717) is 18.1 Å². The van der Waals surface area contributed by atoms with Crippen molar-refractivity contribution in [2.24, 2.45) is 0 Å². The highest BCUT2D eigenvalue weighted by Crippen LogP contribution is 2.34. The van der Waals surface area contributed by atoms with E-state index in [1.54, 1.807) is 12.1 Å². The van der Waals surface area contributed by atoms with Gasteiger partial charge in [0.15, 0.2) is 0 Å².